The van der Waals surface area contributed by atoms with Gasteiger partial charge in [0.05, 0.1) is 41.8 Å². The van der Waals surface area contributed by atoms with Crippen molar-refractivity contribution >= 4 is 12.1 Å². The summed E-state index contributed by atoms with van der Waals surface area (Å²) >= 11 is 0. The first-order valence-electron chi connectivity index (χ1n) is 7.93. The zero-order chi connectivity index (χ0) is 19.8. The molecule has 0 fully saturated rings. The fourth-order valence-electron chi connectivity index (χ4n) is 2.38. The van der Waals surface area contributed by atoms with Gasteiger partial charge in [0.1, 0.15) is 0 Å². The molecule has 8 heteroatoms. The normalized spacial score (nSPS) is 10.4. The molecule has 0 saturated heterocycles. The van der Waals surface area contributed by atoms with Crippen molar-refractivity contribution in [2.75, 3.05) is 35.5 Å². The maximum absolute atomic E-state index is 12.3. The molecule has 0 unspecified atom stereocenters. The van der Waals surface area contributed by atoms with Gasteiger partial charge in [-0.25, -0.2) is 5.43 Å². The van der Waals surface area contributed by atoms with Crippen LogP contribution in [0.2, 0.25) is 0 Å². The molecule has 0 heterocycles. The molecule has 0 atom stereocenters. The first-order valence-corrected chi connectivity index (χ1v) is 7.93. The predicted octanol–water partition coefficient (Wildman–Crippen LogP) is 2.49. The van der Waals surface area contributed by atoms with Gasteiger partial charge in [-0.15, -0.1) is 0 Å². The summed E-state index contributed by atoms with van der Waals surface area (Å²) < 4.78 is 26.2. The first-order chi connectivity index (χ1) is 13.1. The van der Waals surface area contributed by atoms with Crippen molar-refractivity contribution in [2.24, 2.45) is 5.10 Å². The van der Waals surface area contributed by atoms with Crippen LogP contribution >= 0.6 is 0 Å². The van der Waals surface area contributed by atoms with Crippen molar-refractivity contribution < 1.29 is 28.5 Å². The van der Waals surface area contributed by atoms with Crippen LogP contribution in [0.4, 0.5) is 0 Å². The number of hydrogen-bond acceptors (Lipinski definition) is 7. The molecule has 0 radical (unpaired) electrons. The smallest absolute Gasteiger partial charge is 0.271 e. The number of hydrazone groups is 1. The summed E-state index contributed by atoms with van der Waals surface area (Å²) in [6, 6.07) is 8.27. The number of carbonyl (C=O) groups is 1. The molecule has 0 aliphatic carbocycles. The number of ether oxygens (including phenoxy) is 5. The third kappa shape index (κ3) is 4.60. The molecule has 0 bridgehead atoms. The highest BCUT2D eigenvalue weighted by atomic mass is 16.5. The third-order valence-electron chi connectivity index (χ3n) is 3.71. The molecule has 0 aromatic heterocycles. The minimum Gasteiger partial charge on any atom is -0.493 e. The second-order valence-corrected chi connectivity index (χ2v) is 5.23. The number of hydrogen-bond donors (Lipinski definition) is 1. The number of nitrogens with one attached hydrogen (secondary N) is 1. The molecule has 0 spiro atoms. The standard InChI is InChI=1S/C19H22N2O6/c1-23-14-7-6-13(10-15(14)24-2)19(22)21-20-11-12-8-16(25-3)18(27-5)17(9-12)26-4/h6-11H,1-5H3,(H,21,22). The Labute approximate surface area is 157 Å². The minimum atomic E-state index is -0.389. The maximum atomic E-state index is 12.3. The number of rotatable bonds is 8. The van der Waals surface area contributed by atoms with E-state index in [1.54, 1.807) is 30.3 Å². The molecule has 144 valence electrons. The Bertz CT molecular complexity index is 810. The van der Waals surface area contributed by atoms with Gasteiger partial charge in [-0.05, 0) is 30.3 Å². The van der Waals surface area contributed by atoms with E-state index in [9.17, 15) is 4.79 Å². The summed E-state index contributed by atoms with van der Waals surface area (Å²) in [6.45, 7) is 0. The van der Waals surface area contributed by atoms with Crippen molar-refractivity contribution in [3.8, 4) is 28.7 Å². The van der Waals surface area contributed by atoms with Crippen molar-refractivity contribution in [3.63, 3.8) is 0 Å². The van der Waals surface area contributed by atoms with Crippen LogP contribution in [0.5, 0.6) is 28.7 Å². The molecular formula is C19H22N2O6. The molecular weight excluding hydrogens is 352 g/mol. The molecule has 0 aliphatic rings. The SMILES string of the molecule is COc1ccc(C(=O)NN=Cc2cc(OC)c(OC)c(OC)c2)cc1OC. The quantitative estimate of drug-likeness (QED) is 0.564. The van der Waals surface area contributed by atoms with Crippen LogP contribution in [-0.2, 0) is 0 Å². The zero-order valence-corrected chi connectivity index (χ0v) is 15.9. The fraction of sp³-hybridized carbons (Fsp3) is 0.263. The Morgan fingerprint density at radius 2 is 1.41 bits per heavy atom. The highest BCUT2D eigenvalue weighted by Gasteiger charge is 2.13. The van der Waals surface area contributed by atoms with Gasteiger partial charge in [-0.2, -0.15) is 5.10 Å². The lowest BCUT2D eigenvalue weighted by Gasteiger charge is -2.12. The third-order valence-corrected chi connectivity index (χ3v) is 3.71. The summed E-state index contributed by atoms with van der Waals surface area (Å²) in [6.07, 6.45) is 1.48. The van der Waals surface area contributed by atoms with Crippen LogP contribution in [-0.4, -0.2) is 47.7 Å². The number of carbonyl (C=O) groups excluding carboxylic acids is 1. The monoisotopic (exact) mass is 374 g/mol. The van der Waals surface area contributed by atoms with Crippen molar-refractivity contribution in [2.45, 2.75) is 0 Å². The van der Waals surface area contributed by atoms with E-state index in [2.05, 4.69) is 10.5 Å². The van der Waals surface area contributed by atoms with Crippen LogP contribution < -0.4 is 29.1 Å². The number of methoxy groups -OCH3 is 5. The minimum absolute atomic E-state index is 0.384. The molecule has 8 nitrogen and oxygen atoms in total. The van der Waals surface area contributed by atoms with E-state index in [4.69, 9.17) is 23.7 Å². The van der Waals surface area contributed by atoms with Gasteiger partial charge in [-0.1, -0.05) is 0 Å². The van der Waals surface area contributed by atoms with E-state index in [0.29, 0.717) is 39.9 Å². The summed E-state index contributed by atoms with van der Waals surface area (Å²) in [5.74, 6) is 2.06. The molecule has 2 rings (SSSR count). The van der Waals surface area contributed by atoms with Gasteiger partial charge in [-0.3, -0.25) is 4.79 Å². The van der Waals surface area contributed by atoms with Gasteiger partial charge in [0.2, 0.25) is 5.75 Å². The Kier molecular flexibility index (Phi) is 6.87. The Hall–Kier alpha value is -3.42. The Balaban J connectivity index is 2.16. The second kappa shape index (κ2) is 9.33. The van der Waals surface area contributed by atoms with Gasteiger partial charge >= 0.3 is 0 Å². The Morgan fingerprint density at radius 1 is 0.815 bits per heavy atom. The lowest BCUT2D eigenvalue weighted by molar-refractivity contribution is 0.0954. The number of nitrogens with zero attached hydrogens (tertiary/aromatic N) is 1. The van der Waals surface area contributed by atoms with Crippen LogP contribution in [0, 0.1) is 0 Å². The van der Waals surface area contributed by atoms with Crippen LogP contribution in [0.1, 0.15) is 15.9 Å². The molecule has 1 N–H and O–H groups in total. The lowest BCUT2D eigenvalue weighted by atomic mass is 10.2. The highest BCUT2D eigenvalue weighted by molar-refractivity contribution is 5.95. The summed E-state index contributed by atoms with van der Waals surface area (Å²) in [5.41, 5.74) is 3.51. The van der Waals surface area contributed by atoms with Crippen molar-refractivity contribution in [1.82, 2.24) is 5.43 Å². The van der Waals surface area contributed by atoms with Gasteiger partial charge in [0, 0.05) is 11.1 Å². The van der Waals surface area contributed by atoms with E-state index in [0.717, 1.165) is 0 Å². The van der Waals surface area contributed by atoms with Crippen molar-refractivity contribution in [1.29, 1.82) is 0 Å². The molecule has 2 aromatic carbocycles. The van der Waals surface area contributed by atoms with Gasteiger partial charge < -0.3 is 23.7 Å². The molecule has 0 aliphatic heterocycles. The van der Waals surface area contributed by atoms with E-state index < -0.39 is 0 Å². The number of amides is 1. The fourth-order valence-corrected chi connectivity index (χ4v) is 2.38. The molecule has 1 amide bonds. The summed E-state index contributed by atoms with van der Waals surface area (Å²) in [7, 11) is 7.60. The average Bonchev–Trinajstić information content (AvgIpc) is 2.72. The van der Waals surface area contributed by atoms with Crippen LogP contribution in [0.3, 0.4) is 0 Å². The average molecular weight is 374 g/mol. The molecule has 27 heavy (non-hydrogen) atoms. The number of benzene rings is 2. The Morgan fingerprint density at radius 3 is 1.93 bits per heavy atom. The van der Waals surface area contributed by atoms with Crippen LogP contribution in [0.15, 0.2) is 35.4 Å². The lowest BCUT2D eigenvalue weighted by Crippen LogP contribution is -2.17. The van der Waals surface area contributed by atoms with E-state index in [-0.39, 0.29) is 5.91 Å². The van der Waals surface area contributed by atoms with Crippen LogP contribution in [0.25, 0.3) is 0 Å². The largest absolute Gasteiger partial charge is 0.493 e. The molecule has 0 saturated carbocycles. The zero-order valence-electron chi connectivity index (χ0n) is 15.9. The maximum Gasteiger partial charge on any atom is 0.271 e. The van der Waals surface area contributed by atoms with Gasteiger partial charge in [0.15, 0.2) is 23.0 Å². The van der Waals surface area contributed by atoms with Gasteiger partial charge in [0.25, 0.3) is 5.91 Å². The first kappa shape index (κ1) is 19.9. The topological polar surface area (TPSA) is 87.6 Å². The summed E-state index contributed by atoms with van der Waals surface area (Å²) in [4.78, 5) is 12.3. The van der Waals surface area contributed by atoms with E-state index >= 15 is 0 Å². The predicted molar refractivity (Wildman–Crippen MR) is 101 cm³/mol. The molecule has 2 aromatic rings. The van der Waals surface area contributed by atoms with Crippen molar-refractivity contribution in [3.05, 3.63) is 41.5 Å². The summed E-state index contributed by atoms with van der Waals surface area (Å²) in [5, 5.41) is 3.97. The highest BCUT2D eigenvalue weighted by Crippen LogP contribution is 2.37. The second-order valence-electron chi connectivity index (χ2n) is 5.23. The van der Waals surface area contributed by atoms with E-state index in [1.165, 1.54) is 41.8 Å². The van der Waals surface area contributed by atoms with E-state index in [1.807, 2.05) is 0 Å².